The standard InChI is InChI=1S/C30H42FN3O3/c1-19(2)33-12-10-21(11-13-33)22-6-7-23(26(31)17-22)14-20(18-32)15-27(35)28-24-8-9-25(16-24)34(28)29(36)37-30(3,4)5/h6-7,17,19-21,24-25,28H,8-16H2,1-5H3/t20-,24+,25-,28+/m1/s1. The van der Waals surface area contributed by atoms with E-state index in [-0.39, 0.29) is 36.4 Å². The number of fused-ring (bicyclic) bond motifs is 2. The van der Waals surface area contributed by atoms with Gasteiger partial charge >= 0.3 is 6.09 Å². The lowest BCUT2D eigenvalue weighted by atomic mass is 9.86. The molecule has 0 aromatic heterocycles. The zero-order valence-electron chi connectivity index (χ0n) is 23.0. The molecule has 202 valence electrons. The van der Waals surface area contributed by atoms with E-state index in [2.05, 4.69) is 24.8 Å². The smallest absolute Gasteiger partial charge is 0.411 e. The van der Waals surface area contributed by atoms with E-state index in [0.717, 1.165) is 50.8 Å². The lowest BCUT2D eigenvalue weighted by molar-refractivity contribution is -0.126. The van der Waals surface area contributed by atoms with Gasteiger partial charge in [0.15, 0.2) is 5.78 Å². The Morgan fingerprint density at radius 3 is 2.46 bits per heavy atom. The molecular weight excluding hydrogens is 469 g/mol. The third kappa shape index (κ3) is 6.34. The average Bonchev–Trinajstić information content (AvgIpc) is 3.45. The van der Waals surface area contributed by atoms with Crippen molar-refractivity contribution in [1.29, 1.82) is 5.26 Å². The van der Waals surface area contributed by atoms with Crippen molar-refractivity contribution in [2.45, 2.75) is 109 Å². The van der Waals surface area contributed by atoms with Crippen LogP contribution in [0.25, 0.3) is 0 Å². The number of benzene rings is 1. The number of piperidine rings is 2. The summed E-state index contributed by atoms with van der Waals surface area (Å²) in [6.07, 6.45) is 4.37. The van der Waals surface area contributed by atoms with Crippen LogP contribution >= 0.6 is 0 Å². The van der Waals surface area contributed by atoms with Crippen LogP contribution in [0.5, 0.6) is 0 Å². The molecule has 4 rings (SSSR count). The van der Waals surface area contributed by atoms with Gasteiger partial charge in [0.25, 0.3) is 0 Å². The maximum atomic E-state index is 15.1. The van der Waals surface area contributed by atoms with Crippen LogP contribution in [-0.2, 0) is 16.0 Å². The number of hydrogen-bond donors (Lipinski definition) is 0. The normalized spacial score (nSPS) is 25.4. The Labute approximate surface area is 221 Å². The van der Waals surface area contributed by atoms with Crippen molar-refractivity contribution in [3.05, 3.63) is 35.1 Å². The minimum Gasteiger partial charge on any atom is -0.444 e. The predicted molar refractivity (Wildman–Crippen MR) is 141 cm³/mol. The van der Waals surface area contributed by atoms with E-state index in [4.69, 9.17) is 4.74 Å². The van der Waals surface area contributed by atoms with Crippen molar-refractivity contribution < 1.29 is 18.7 Å². The summed E-state index contributed by atoms with van der Waals surface area (Å²) in [5.74, 6) is -0.585. The number of carbonyl (C=O) groups is 2. The van der Waals surface area contributed by atoms with Crippen LogP contribution in [0.2, 0.25) is 0 Å². The van der Waals surface area contributed by atoms with Gasteiger partial charge in [-0.3, -0.25) is 9.69 Å². The van der Waals surface area contributed by atoms with Gasteiger partial charge in [0.1, 0.15) is 11.4 Å². The van der Waals surface area contributed by atoms with Gasteiger partial charge in [-0.25, -0.2) is 9.18 Å². The second-order valence-corrected chi connectivity index (χ2v) is 12.5. The van der Waals surface area contributed by atoms with Crippen LogP contribution in [-0.4, -0.2) is 58.5 Å². The summed E-state index contributed by atoms with van der Waals surface area (Å²) in [4.78, 5) is 30.4. The molecule has 2 heterocycles. The Kier molecular flexibility index (Phi) is 8.28. The summed E-state index contributed by atoms with van der Waals surface area (Å²) >= 11 is 0. The molecule has 2 bridgehead atoms. The van der Waals surface area contributed by atoms with Crippen molar-refractivity contribution in [2.75, 3.05) is 13.1 Å². The van der Waals surface area contributed by atoms with E-state index in [1.54, 1.807) is 17.0 Å². The van der Waals surface area contributed by atoms with Gasteiger partial charge in [-0.05, 0) is 115 Å². The topological polar surface area (TPSA) is 73.6 Å². The molecule has 3 aliphatic rings. The van der Waals surface area contributed by atoms with Gasteiger partial charge in [-0.2, -0.15) is 5.26 Å². The van der Waals surface area contributed by atoms with Crippen molar-refractivity contribution in [2.24, 2.45) is 11.8 Å². The number of rotatable bonds is 7. The van der Waals surface area contributed by atoms with Crippen molar-refractivity contribution >= 4 is 11.9 Å². The molecule has 3 fully saturated rings. The van der Waals surface area contributed by atoms with Crippen molar-refractivity contribution in [3.63, 3.8) is 0 Å². The SMILES string of the molecule is CC(C)N1CCC(c2ccc(C[C@@H](C#N)CC(=O)[C@@H]3[C@H]4CC[C@H](C4)N3C(=O)OC(C)(C)C)c(F)c2)CC1. The summed E-state index contributed by atoms with van der Waals surface area (Å²) in [6.45, 7) is 11.9. The minimum absolute atomic E-state index is 0.0124. The van der Waals surface area contributed by atoms with Gasteiger partial charge in [0.2, 0.25) is 0 Å². The zero-order chi connectivity index (χ0) is 26.9. The molecular formula is C30H42FN3O3. The van der Waals surface area contributed by atoms with Crippen LogP contribution in [0.4, 0.5) is 9.18 Å². The Bertz CT molecular complexity index is 1040. The van der Waals surface area contributed by atoms with E-state index >= 15 is 4.39 Å². The number of ether oxygens (including phenoxy) is 1. The minimum atomic E-state index is -0.642. The van der Waals surface area contributed by atoms with E-state index in [1.807, 2.05) is 26.8 Å². The monoisotopic (exact) mass is 511 g/mol. The second kappa shape index (κ2) is 11.1. The lowest BCUT2D eigenvalue weighted by Crippen LogP contribution is -2.51. The molecule has 2 saturated heterocycles. The zero-order valence-corrected chi connectivity index (χ0v) is 23.0. The van der Waals surface area contributed by atoms with E-state index < -0.39 is 23.7 Å². The second-order valence-electron chi connectivity index (χ2n) is 12.5. The molecule has 1 aromatic rings. The molecule has 1 aromatic carbocycles. The first-order chi connectivity index (χ1) is 17.5. The molecule has 0 spiro atoms. The van der Waals surface area contributed by atoms with Crippen molar-refractivity contribution in [3.8, 4) is 6.07 Å². The number of hydrogen-bond acceptors (Lipinski definition) is 5. The molecule has 6 nitrogen and oxygen atoms in total. The predicted octanol–water partition coefficient (Wildman–Crippen LogP) is 5.84. The number of halogens is 1. The summed E-state index contributed by atoms with van der Waals surface area (Å²) in [5.41, 5.74) is 0.848. The summed E-state index contributed by atoms with van der Waals surface area (Å²) in [7, 11) is 0. The van der Waals surface area contributed by atoms with Gasteiger partial charge < -0.3 is 9.64 Å². The van der Waals surface area contributed by atoms with Crippen molar-refractivity contribution in [1.82, 2.24) is 9.80 Å². The van der Waals surface area contributed by atoms with Crippen LogP contribution in [0.15, 0.2) is 18.2 Å². The molecule has 0 N–H and O–H groups in total. The molecule has 7 heteroatoms. The van der Waals surface area contributed by atoms with Gasteiger partial charge in [0.05, 0.1) is 18.0 Å². The van der Waals surface area contributed by atoms with Gasteiger partial charge in [0, 0.05) is 18.5 Å². The number of amides is 1. The maximum absolute atomic E-state index is 15.1. The van der Waals surface area contributed by atoms with Crippen LogP contribution in [0.3, 0.4) is 0 Å². The van der Waals surface area contributed by atoms with Gasteiger partial charge in [-0.1, -0.05) is 12.1 Å². The fraction of sp³-hybridized carbons (Fsp3) is 0.700. The largest absolute Gasteiger partial charge is 0.444 e. The highest BCUT2D eigenvalue weighted by Gasteiger charge is 2.52. The fourth-order valence-electron chi connectivity index (χ4n) is 6.51. The molecule has 1 aliphatic carbocycles. The Balaban J connectivity index is 1.39. The fourth-order valence-corrected chi connectivity index (χ4v) is 6.51. The quantitative estimate of drug-likeness (QED) is 0.460. The molecule has 1 amide bonds. The third-order valence-corrected chi connectivity index (χ3v) is 8.42. The number of nitrogens with zero attached hydrogens (tertiary/aromatic N) is 3. The first-order valence-corrected chi connectivity index (χ1v) is 13.9. The highest BCUT2D eigenvalue weighted by Crippen LogP contribution is 2.44. The third-order valence-electron chi connectivity index (χ3n) is 8.42. The first-order valence-electron chi connectivity index (χ1n) is 13.9. The molecule has 0 radical (unpaired) electrons. The van der Waals surface area contributed by atoms with E-state index in [0.29, 0.717) is 17.5 Å². The highest BCUT2D eigenvalue weighted by atomic mass is 19.1. The summed E-state index contributed by atoms with van der Waals surface area (Å²) in [5, 5.41) is 9.82. The number of nitriles is 1. The Hall–Kier alpha value is -2.46. The summed E-state index contributed by atoms with van der Waals surface area (Å²) in [6, 6.07) is 7.63. The highest BCUT2D eigenvalue weighted by molar-refractivity contribution is 5.89. The maximum Gasteiger partial charge on any atom is 0.411 e. The Morgan fingerprint density at radius 2 is 1.86 bits per heavy atom. The first kappa shape index (κ1) is 27.6. The molecule has 0 unspecified atom stereocenters. The van der Waals surface area contributed by atoms with Crippen LogP contribution < -0.4 is 0 Å². The molecule has 37 heavy (non-hydrogen) atoms. The molecule has 1 saturated carbocycles. The lowest BCUT2D eigenvalue weighted by Gasteiger charge is -2.36. The number of likely N-dealkylation sites (tertiary alicyclic amines) is 2. The average molecular weight is 512 g/mol. The van der Waals surface area contributed by atoms with E-state index in [9.17, 15) is 14.9 Å². The summed E-state index contributed by atoms with van der Waals surface area (Å²) < 4.78 is 20.7. The molecule has 2 aliphatic heterocycles. The molecule has 4 atom stereocenters. The number of ketones is 1. The Morgan fingerprint density at radius 1 is 1.16 bits per heavy atom. The van der Waals surface area contributed by atoms with E-state index in [1.165, 1.54) is 0 Å². The van der Waals surface area contributed by atoms with Crippen LogP contribution in [0.1, 0.15) is 90.2 Å². The number of Topliss-reactive ketones (excluding diaryl/α,β-unsaturated/α-hetero) is 1. The van der Waals surface area contributed by atoms with Gasteiger partial charge in [-0.15, -0.1) is 0 Å². The van der Waals surface area contributed by atoms with Crippen LogP contribution in [0, 0.1) is 29.0 Å². The number of carbonyl (C=O) groups excluding carboxylic acids is 2.